The molecule has 0 saturated carbocycles. The van der Waals surface area contributed by atoms with Crippen molar-refractivity contribution in [2.75, 3.05) is 19.0 Å². The maximum Gasteiger partial charge on any atom is 0.328 e. The van der Waals surface area contributed by atoms with E-state index in [2.05, 4.69) is 41.6 Å². The normalized spacial score (nSPS) is 31.4. The van der Waals surface area contributed by atoms with E-state index in [0.717, 1.165) is 13.0 Å². The third-order valence-electron chi connectivity index (χ3n) is 3.22. The monoisotopic (exact) mass is 263 g/mol. The number of nitrogens with zero attached hydrogens (tertiary/aromatic N) is 1. The molecule has 2 unspecified atom stereocenters. The lowest BCUT2D eigenvalue weighted by molar-refractivity contribution is -0.144. The summed E-state index contributed by atoms with van der Waals surface area (Å²) in [6, 6.07) is 0. The largest absolute Gasteiger partial charge is 0.468 e. The number of rotatable bonds is 4. The van der Waals surface area contributed by atoms with Crippen LogP contribution in [0.3, 0.4) is 0 Å². The number of alkyl halides is 1. The van der Waals surface area contributed by atoms with E-state index >= 15 is 0 Å². The highest BCUT2D eigenvalue weighted by Gasteiger charge is 2.62. The molecule has 0 radical (unpaired) electrons. The molecule has 1 rings (SSSR count). The van der Waals surface area contributed by atoms with Crippen molar-refractivity contribution in [3.05, 3.63) is 0 Å². The Kier molecular flexibility index (Phi) is 3.26. The second kappa shape index (κ2) is 3.81. The molecular formula is C10H18BrNO2. The van der Waals surface area contributed by atoms with E-state index in [1.807, 2.05) is 0 Å². The van der Waals surface area contributed by atoms with Crippen molar-refractivity contribution in [1.29, 1.82) is 0 Å². The molecule has 1 heterocycles. The minimum atomic E-state index is -0.408. The van der Waals surface area contributed by atoms with Gasteiger partial charge in [-0.1, -0.05) is 22.9 Å². The highest BCUT2D eigenvalue weighted by Crippen LogP contribution is 2.43. The summed E-state index contributed by atoms with van der Waals surface area (Å²) in [6.45, 7) is 7.24. The van der Waals surface area contributed by atoms with E-state index in [0.29, 0.717) is 5.33 Å². The topological polar surface area (TPSA) is 29.3 Å². The van der Waals surface area contributed by atoms with Crippen LogP contribution in [0.15, 0.2) is 0 Å². The summed E-state index contributed by atoms with van der Waals surface area (Å²) in [5.74, 6) is -0.129. The van der Waals surface area contributed by atoms with Gasteiger partial charge in [0.2, 0.25) is 0 Å². The smallest absolute Gasteiger partial charge is 0.328 e. The van der Waals surface area contributed by atoms with Crippen molar-refractivity contribution in [2.24, 2.45) is 0 Å². The zero-order chi connectivity index (χ0) is 11.0. The molecule has 0 spiro atoms. The molecule has 2 atom stereocenters. The fraction of sp³-hybridized carbons (Fsp3) is 0.900. The number of hydrogen-bond donors (Lipinski definition) is 0. The molecule has 14 heavy (non-hydrogen) atoms. The number of ether oxygens (including phenoxy) is 1. The van der Waals surface area contributed by atoms with Crippen LogP contribution in [0.25, 0.3) is 0 Å². The highest BCUT2D eigenvalue weighted by molar-refractivity contribution is 9.09. The summed E-state index contributed by atoms with van der Waals surface area (Å²) in [5.41, 5.74) is -0.337. The molecule has 0 aromatic carbocycles. The molecule has 1 aliphatic rings. The molecule has 1 saturated heterocycles. The Labute approximate surface area is 93.9 Å². The van der Waals surface area contributed by atoms with Gasteiger partial charge in [-0.15, -0.1) is 0 Å². The van der Waals surface area contributed by atoms with Gasteiger partial charge in [-0.05, 0) is 20.3 Å². The molecule has 82 valence electrons. The van der Waals surface area contributed by atoms with Crippen LogP contribution >= 0.6 is 15.9 Å². The summed E-state index contributed by atoms with van der Waals surface area (Å²) >= 11 is 3.39. The molecule has 0 amide bonds. The van der Waals surface area contributed by atoms with E-state index in [-0.39, 0.29) is 11.5 Å². The minimum Gasteiger partial charge on any atom is -0.468 e. The van der Waals surface area contributed by atoms with Crippen LogP contribution in [0.1, 0.15) is 27.2 Å². The minimum absolute atomic E-state index is 0.0714. The standard InChI is InChI=1S/C10H18BrNO2/c1-5-9(2,3)12-7-10(12,6-11)8(13)14-4/h5-7H2,1-4H3. The Morgan fingerprint density at radius 2 is 2.21 bits per heavy atom. The van der Waals surface area contributed by atoms with E-state index < -0.39 is 5.54 Å². The Morgan fingerprint density at radius 1 is 1.64 bits per heavy atom. The molecular weight excluding hydrogens is 246 g/mol. The maximum absolute atomic E-state index is 11.6. The first-order chi connectivity index (χ1) is 6.44. The van der Waals surface area contributed by atoms with Crippen molar-refractivity contribution >= 4 is 21.9 Å². The molecule has 3 nitrogen and oxygen atoms in total. The lowest BCUT2D eigenvalue weighted by Gasteiger charge is -2.28. The van der Waals surface area contributed by atoms with Gasteiger partial charge in [0.1, 0.15) is 5.54 Å². The summed E-state index contributed by atoms with van der Waals surface area (Å²) in [5, 5.41) is 0.649. The van der Waals surface area contributed by atoms with Crippen molar-refractivity contribution in [3.8, 4) is 0 Å². The fourth-order valence-corrected chi connectivity index (χ4v) is 2.45. The quantitative estimate of drug-likeness (QED) is 0.440. The van der Waals surface area contributed by atoms with Gasteiger partial charge in [0.15, 0.2) is 0 Å². The van der Waals surface area contributed by atoms with Gasteiger partial charge in [-0.25, -0.2) is 4.79 Å². The van der Waals surface area contributed by atoms with Gasteiger partial charge >= 0.3 is 5.97 Å². The number of esters is 1. The summed E-state index contributed by atoms with van der Waals surface area (Å²) in [6.07, 6.45) is 1.03. The predicted molar refractivity (Wildman–Crippen MR) is 59.6 cm³/mol. The van der Waals surface area contributed by atoms with Crippen LogP contribution in [-0.2, 0) is 9.53 Å². The van der Waals surface area contributed by atoms with Crippen molar-refractivity contribution < 1.29 is 9.53 Å². The second-order valence-electron chi connectivity index (χ2n) is 4.41. The SMILES string of the molecule is CCC(C)(C)N1CC1(CBr)C(=O)OC. The van der Waals surface area contributed by atoms with E-state index in [1.54, 1.807) is 0 Å². The molecule has 0 N–H and O–H groups in total. The lowest BCUT2D eigenvalue weighted by atomic mass is 10.0. The van der Waals surface area contributed by atoms with E-state index in [1.165, 1.54) is 7.11 Å². The van der Waals surface area contributed by atoms with Crippen LogP contribution in [0, 0.1) is 0 Å². The van der Waals surface area contributed by atoms with Crippen LogP contribution in [0.2, 0.25) is 0 Å². The third kappa shape index (κ3) is 1.70. The molecule has 0 aromatic rings. The van der Waals surface area contributed by atoms with Crippen molar-refractivity contribution in [1.82, 2.24) is 4.90 Å². The molecule has 0 bridgehead atoms. The van der Waals surface area contributed by atoms with Gasteiger partial charge in [-0.3, -0.25) is 4.90 Å². The van der Waals surface area contributed by atoms with E-state index in [4.69, 9.17) is 4.74 Å². The van der Waals surface area contributed by atoms with Crippen LogP contribution in [0.5, 0.6) is 0 Å². The van der Waals surface area contributed by atoms with E-state index in [9.17, 15) is 4.79 Å². The predicted octanol–water partition coefficient (Wildman–Crippen LogP) is 1.80. The van der Waals surface area contributed by atoms with Crippen molar-refractivity contribution in [2.45, 2.75) is 38.3 Å². The molecule has 1 fully saturated rings. The number of halogens is 1. The number of carbonyl (C=O) groups excluding carboxylic acids is 1. The third-order valence-corrected chi connectivity index (χ3v) is 4.14. The number of hydrogen-bond acceptors (Lipinski definition) is 3. The summed E-state index contributed by atoms with van der Waals surface area (Å²) < 4.78 is 4.83. The molecule has 0 aromatic heterocycles. The number of carbonyl (C=O) groups is 1. The summed E-state index contributed by atoms with van der Waals surface area (Å²) in [7, 11) is 1.45. The Hall–Kier alpha value is -0.0900. The van der Waals surface area contributed by atoms with Crippen molar-refractivity contribution in [3.63, 3.8) is 0 Å². The first-order valence-corrected chi connectivity index (χ1v) is 5.99. The Morgan fingerprint density at radius 3 is 2.57 bits per heavy atom. The average molecular weight is 264 g/mol. The van der Waals surface area contributed by atoms with Crippen LogP contribution in [-0.4, -0.2) is 40.9 Å². The fourth-order valence-electron chi connectivity index (χ4n) is 1.74. The van der Waals surface area contributed by atoms with Crippen LogP contribution in [0.4, 0.5) is 0 Å². The van der Waals surface area contributed by atoms with Gasteiger partial charge in [0.05, 0.1) is 7.11 Å². The van der Waals surface area contributed by atoms with Gasteiger partial charge < -0.3 is 4.74 Å². The molecule has 0 aliphatic carbocycles. The zero-order valence-electron chi connectivity index (χ0n) is 9.26. The highest BCUT2D eigenvalue weighted by atomic mass is 79.9. The van der Waals surface area contributed by atoms with Gasteiger partial charge in [0.25, 0.3) is 0 Å². The molecule has 1 aliphatic heterocycles. The average Bonchev–Trinajstić information content (AvgIpc) is 2.93. The Bertz CT molecular complexity index is 242. The molecule has 4 heteroatoms. The Balaban J connectivity index is 2.77. The van der Waals surface area contributed by atoms with Gasteiger partial charge in [0, 0.05) is 17.4 Å². The van der Waals surface area contributed by atoms with Gasteiger partial charge in [-0.2, -0.15) is 0 Å². The lowest BCUT2D eigenvalue weighted by Crippen LogP contribution is -2.41. The number of methoxy groups -OCH3 is 1. The first kappa shape index (κ1) is 12.0. The maximum atomic E-state index is 11.6. The zero-order valence-corrected chi connectivity index (χ0v) is 10.8. The summed E-state index contributed by atoms with van der Waals surface area (Å²) in [4.78, 5) is 13.8. The van der Waals surface area contributed by atoms with Crippen LogP contribution < -0.4 is 0 Å². The first-order valence-electron chi connectivity index (χ1n) is 4.86. The second-order valence-corrected chi connectivity index (χ2v) is 4.97.